The molecular formula is C20H18F3NO4S2. The van der Waals surface area contributed by atoms with Crippen LogP contribution in [0, 0.1) is 0 Å². The van der Waals surface area contributed by atoms with E-state index in [9.17, 15) is 22.8 Å². The minimum Gasteiger partial charge on any atom is -0.482 e. The highest BCUT2D eigenvalue weighted by molar-refractivity contribution is 7.21. The molecule has 160 valence electrons. The Morgan fingerprint density at radius 3 is 2.57 bits per heavy atom. The molecule has 10 heteroatoms. The van der Waals surface area contributed by atoms with Crippen molar-refractivity contribution in [2.75, 3.05) is 18.5 Å². The number of aryl methyl sites for hydroxylation is 1. The minimum atomic E-state index is -4.57. The number of ether oxygens (including phenoxy) is 2. The number of anilines is 1. The lowest BCUT2D eigenvalue weighted by atomic mass is 10.1. The maximum absolute atomic E-state index is 12.8. The van der Waals surface area contributed by atoms with Crippen molar-refractivity contribution in [2.45, 2.75) is 26.4 Å². The Morgan fingerprint density at radius 2 is 1.97 bits per heavy atom. The van der Waals surface area contributed by atoms with E-state index in [0.717, 1.165) is 16.9 Å². The molecule has 2 aromatic heterocycles. The van der Waals surface area contributed by atoms with Crippen molar-refractivity contribution in [3.63, 3.8) is 0 Å². The maximum atomic E-state index is 12.8. The first-order valence-electron chi connectivity index (χ1n) is 9.03. The van der Waals surface area contributed by atoms with Gasteiger partial charge in [0, 0.05) is 21.2 Å². The number of rotatable bonds is 7. The molecule has 0 saturated carbocycles. The molecule has 5 nitrogen and oxygen atoms in total. The smallest absolute Gasteiger partial charge is 0.422 e. The van der Waals surface area contributed by atoms with Crippen molar-refractivity contribution in [3.05, 3.63) is 45.0 Å². The van der Waals surface area contributed by atoms with Gasteiger partial charge >= 0.3 is 12.1 Å². The summed E-state index contributed by atoms with van der Waals surface area (Å²) in [5.41, 5.74) is 1.71. The fourth-order valence-electron chi connectivity index (χ4n) is 2.79. The van der Waals surface area contributed by atoms with Gasteiger partial charge in [0.1, 0.15) is 0 Å². The lowest BCUT2D eigenvalue weighted by Gasteiger charge is -2.12. The number of alkyl halides is 3. The number of nitrogens with one attached hydrogen (secondary N) is 1. The molecule has 0 spiro atoms. The topological polar surface area (TPSA) is 64.6 Å². The second-order valence-corrected chi connectivity index (χ2v) is 8.04. The van der Waals surface area contributed by atoms with Crippen molar-refractivity contribution in [2.24, 2.45) is 0 Å². The van der Waals surface area contributed by atoms with Crippen molar-refractivity contribution in [1.82, 2.24) is 0 Å². The zero-order chi connectivity index (χ0) is 21.9. The monoisotopic (exact) mass is 457 g/mol. The fourth-order valence-corrected chi connectivity index (χ4v) is 4.51. The Balaban J connectivity index is 2.07. The Hall–Kier alpha value is -2.59. The number of carbonyl (C=O) groups excluding carboxylic acids is 2. The van der Waals surface area contributed by atoms with Gasteiger partial charge in [-0.15, -0.1) is 11.3 Å². The SMILES string of the molecule is CCOC(=O)c1sc2cc(CC)c(NC(=O)c3ccsc3)cc2c1OCC(F)(F)F. The van der Waals surface area contributed by atoms with Crippen LogP contribution in [0.3, 0.4) is 0 Å². The molecule has 30 heavy (non-hydrogen) atoms. The van der Waals surface area contributed by atoms with E-state index in [4.69, 9.17) is 9.47 Å². The number of amides is 1. The highest BCUT2D eigenvalue weighted by Gasteiger charge is 2.31. The predicted octanol–water partition coefficient (Wildman–Crippen LogP) is 5.90. The molecule has 0 fully saturated rings. The van der Waals surface area contributed by atoms with Crippen LogP contribution >= 0.6 is 22.7 Å². The summed E-state index contributed by atoms with van der Waals surface area (Å²) in [7, 11) is 0. The Labute approximate surface area is 178 Å². The van der Waals surface area contributed by atoms with Crippen LogP contribution < -0.4 is 10.1 Å². The van der Waals surface area contributed by atoms with Gasteiger partial charge in [0.2, 0.25) is 0 Å². The molecule has 1 amide bonds. The predicted molar refractivity (Wildman–Crippen MR) is 111 cm³/mol. The van der Waals surface area contributed by atoms with Crippen molar-refractivity contribution in [1.29, 1.82) is 0 Å². The molecule has 0 radical (unpaired) electrons. The first-order valence-corrected chi connectivity index (χ1v) is 10.8. The number of halogens is 3. The van der Waals surface area contributed by atoms with Gasteiger partial charge in [-0.1, -0.05) is 6.92 Å². The van der Waals surface area contributed by atoms with Crippen LogP contribution in [-0.4, -0.2) is 31.3 Å². The summed E-state index contributed by atoms with van der Waals surface area (Å²) in [6, 6.07) is 4.96. The number of esters is 1. The summed E-state index contributed by atoms with van der Waals surface area (Å²) in [6.07, 6.45) is -4.00. The zero-order valence-corrected chi connectivity index (χ0v) is 17.7. The Morgan fingerprint density at radius 1 is 1.20 bits per heavy atom. The fraction of sp³-hybridized carbons (Fsp3) is 0.300. The highest BCUT2D eigenvalue weighted by Crippen LogP contribution is 2.42. The Bertz CT molecular complexity index is 1060. The van der Waals surface area contributed by atoms with Gasteiger partial charge < -0.3 is 14.8 Å². The van der Waals surface area contributed by atoms with Crippen molar-refractivity contribution < 1.29 is 32.2 Å². The number of benzene rings is 1. The molecule has 0 aliphatic heterocycles. The van der Waals surface area contributed by atoms with Crippen LogP contribution in [0.1, 0.15) is 39.4 Å². The van der Waals surface area contributed by atoms with E-state index in [1.165, 1.54) is 11.3 Å². The van der Waals surface area contributed by atoms with Crippen LogP contribution in [0.2, 0.25) is 0 Å². The van der Waals surface area contributed by atoms with Gasteiger partial charge in [-0.3, -0.25) is 4.79 Å². The molecule has 3 rings (SSSR count). The van der Waals surface area contributed by atoms with Crippen LogP contribution in [-0.2, 0) is 11.2 Å². The number of carbonyl (C=O) groups is 2. The average molecular weight is 457 g/mol. The highest BCUT2D eigenvalue weighted by atomic mass is 32.1. The lowest BCUT2D eigenvalue weighted by molar-refractivity contribution is -0.153. The molecule has 0 aliphatic carbocycles. The van der Waals surface area contributed by atoms with E-state index in [2.05, 4.69) is 5.32 Å². The third-order valence-electron chi connectivity index (χ3n) is 4.12. The van der Waals surface area contributed by atoms with E-state index in [0.29, 0.717) is 27.8 Å². The summed E-state index contributed by atoms with van der Waals surface area (Å²) < 4.78 is 48.8. The summed E-state index contributed by atoms with van der Waals surface area (Å²) in [5, 5.41) is 6.57. The molecule has 3 aromatic rings. The molecule has 1 N–H and O–H groups in total. The number of fused-ring (bicyclic) bond motifs is 1. The molecule has 0 atom stereocenters. The Kier molecular flexibility index (Phi) is 6.67. The molecule has 0 unspecified atom stereocenters. The van der Waals surface area contributed by atoms with E-state index < -0.39 is 18.8 Å². The summed E-state index contributed by atoms with van der Waals surface area (Å²) >= 11 is 2.38. The maximum Gasteiger partial charge on any atom is 0.422 e. The average Bonchev–Trinajstić information content (AvgIpc) is 3.33. The van der Waals surface area contributed by atoms with Crippen molar-refractivity contribution in [3.8, 4) is 5.75 Å². The first kappa shape index (κ1) is 22.1. The van der Waals surface area contributed by atoms with E-state index in [1.807, 2.05) is 6.92 Å². The number of hydrogen-bond acceptors (Lipinski definition) is 6. The molecule has 0 bridgehead atoms. The van der Waals surface area contributed by atoms with Gasteiger partial charge in [-0.05, 0) is 42.5 Å². The van der Waals surface area contributed by atoms with E-state index in [-0.39, 0.29) is 23.1 Å². The summed E-state index contributed by atoms with van der Waals surface area (Å²) in [6.45, 7) is 2.03. The van der Waals surface area contributed by atoms with Crippen LogP contribution in [0.25, 0.3) is 10.1 Å². The van der Waals surface area contributed by atoms with Crippen LogP contribution in [0.15, 0.2) is 29.0 Å². The standard InChI is InChI=1S/C20H18F3NO4S2/c1-3-11-7-15-13(8-14(11)24-18(25)12-5-6-29-9-12)16(28-10-20(21,22)23)17(30-15)19(26)27-4-2/h5-9H,3-4,10H2,1-2H3,(H,24,25). The normalized spacial score (nSPS) is 11.5. The van der Waals surface area contributed by atoms with Gasteiger partial charge in [-0.25, -0.2) is 4.79 Å². The minimum absolute atomic E-state index is 0.0422. The van der Waals surface area contributed by atoms with Crippen molar-refractivity contribution >= 4 is 50.3 Å². The summed E-state index contributed by atoms with van der Waals surface area (Å²) in [5.74, 6) is -1.28. The number of thiophene rings is 2. The zero-order valence-electron chi connectivity index (χ0n) is 16.1. The van der Waals surface area contributed by atoms with Gasteiger partial charge in [0.05, 0.1) is 12.2 Å². The van der Waals surface area contributed by atoms with E-state index >= 15 is 0 Å². The van der Waals surface area contributed by atoms with Gasteiger partial charge in [-0.2, -0.15) is 24.5 Å². The quantitative estimate of drug-likeness (QED) is 0.449. The summed E-state index contributed by atoms with van der Waals surface area (Å²) in [4.78, 5) is 24.7. The molecule has 0 saturated heterocycles. The third-order valence-corrected chi connectivity index (χ3v) is 5.92. The van der Waals surface area contributed by atoms with E-state index in [1.54, 1.807) is 35.9 Å². The lowest BCUT2D eigenvalue weighted by Crippen LogP contribution is -2.20. The second kappa shape index (κ2) is 9.05. The molecular weight excluding hydrogens is 439 g/mol. The number of hydrogen-bond donors (Lipinski definition) is 1. The molecule has 2 heterocycles. The second-order valence-electron chi connectivity index (χ2n) is 6.21. The van der Waals surface area contributed by atoms with Gasteiger partial charge in [0.15, 0.2) is 17.2 Å². The molecule has 1 aromatic carbocycles. The first-order chi connectivity index (χ1) is 14.2. The van der Waals surface area contributed by atoms with Crippen LogP contribution in [0.5, 0.6) is 5.75 Å². The van der Waals surface area contributed by atoms with Gasteiger partial charge in [0.25, 0.3) is 5.91 Å². The van der Waals surface area contributed by atoms with Crippen LogP contribution in [0.4, 0.5) is 18.9 Å². The molecule has 0 aliphatic rings. The largest absolute Gasteiger partial charge is 0.482 e. The third kappa shape index (κ3) is 4.93.